The van der Waals surface area contributed by atoms with E-state index in [1.54, 1.807) is 6.20 Å². The number of nitrogens with zero attached hydrogens (tertiary/aromatic N) is 1. The van der Waals surface area contributed by atoms with E-state index in [-0.39, 0.29) is 51.8 Å². The van der Waals surface area contributed by atoms with E-state index in [4.69, 9.17) is 4.52 Å². The molecule has 0 bridgehead atoms. The van der Waals surface area contributed by atoms with Crippen molar-refractivity contribution in [2.45, 2.75) is 98.3 Å². The summed E-state index contributed by atoms with van der Waals surface area (Å²) in [6.45, 7) is 13.5. The van der Waals surface area contributed by atoms with Crippen molar-refractivity contribution in [3.05, 3.63) is 29.2 Å². The molecule has 1 heterocycles. The lowest BCUT2D eigenvalue weighted by Gasteiger charge is -2.69. The van der Waals surface area contributed by atoms with Crippen molar-refractivity contribution in [3.8, 4) is 0 Å². The molecule has 6 rings (SSSR count). The minimum Gasteiger partial charge on any atom is -0.481 e. The third-order valence-corrected chi connectivity index (χ3v) is 12.9. The van der Waals surface area contributed by atoms with Crippen LogP contribution in [0.15, 0.2) is 22.4 Å². The molecule has 0 radical (unpaired) electrons. The lowest BCUT2D eigenvalue weighted by Crippen LogP contribution is -2.66. The molecule has 202 valence electrons. The Hall–Kier alpha value is -1.95. The second-order valence-corrected chi connectivity index (χ2v) is 15.1. The number of allylic oxidation sites excluding steroid dienone is 2. The highest BCUT2D eigenvalue weighted by Crippen LogP contribution is 2.74. The number of carboxylic acid groups (broad SMARTS) is 1. The monoisotopic (exact) mass is 509 g/mol. The van der Waals surface area contributed by atoms with Crippen LogP contribution in [0.25, 0.3) is 0 Å². The smallest absolute Gasteiger partial charge is 0.309 e. The van der Waals surface area contributed by atoms with Crippen LogP contribution in [0.1, 0.15) is 97.8 Å². The average molecular weight is 510 g/mol. The molecule has 8 atom stereocenters. The van der Waals surface area contributed by atoms with Gasteiger partial charge < -0.3 is 14.7 Å². The zero-order valence-corrected chi connectivity index (χ0v) is 23.3. The number of hydrogen-bond acceptors (Lipinski definition) is 5. The molecule has 37 heavy (non-hydrogen) atoms. The van der Waals surface area contributed by atoms with Crippen molar-refractivity contribution in [3.63, 3.8) is 0 Å². The van der Waals surface area contributed by atoms with Crippen molar-refractivity contribution in [1.29, 1.82) is 0 Å². The lowest BCUT2D eigenvalue weighted by molar-refractivity contribution is -0.189. The topological polar surface area (TPSA) is 101 Å². The van der Waals surface area contributed by atoms with Crippen LogP contribution in [0.5, 0.6) is 0 Å². The van der Waals surface area contributed by atoms with Crippen molar-refractivity contribution >= 4 is 11.8 Å². The highest BCUT2D eigenvalue weighted by atomic mass is 16.5. The maximum Gasteiger partial charge on any atom is 0.309 e. The van der Waals surface area contributed by atoms with Gasteiger partial charge in [0, 0.05) is 11.5 Å². The summed E-state index contributed by atoms with van der Waals surface area (Å²) in [5.41, 5.74) is 0.105. The fourth-order valence-electron chi connectivity index (χ4n) is 10.7. The summed E-state index contributed by atoms with van der Waals surface area (Å²) in [7, 11) is 0. The predicted molar refractivity (Wildman–Crippen MR) is 139 cm³/mol. The van der Waals surface area contributed by atoms with E-state index >= 15 is 0 Å². The molecule has 0 saturated heterocycles. The van der Waals surface area contributed by atoms with Crippen LogP contribution < -0.4 is 0 Å². The molecule has 3 fully saturated rings. The molecular weight excluding hydrogens is 466 g/mol. The molecule has 2 N–H and O–H groups in total. The molecule has 6 nitrogen and oxygen atoms in total. The molecular formula is C31H43NO5. The highest BCUT2D eigenvalue weighted by molar-refractivity contribution is 5.96. The SMILES string of the molecule is CC1(C)CC[C@]2(C(=O)O)CC[C@]3(C)[C@H](C(=O)C=C4[C@@]5(C)Cc6cnoc6[C@@](C)(CO)C5CC[C@]43C)[C@@H]2C1. The third-order valence-electron chi connectivity index (χ3n) is 12.9. The summed E-state index contributed by atoms with van der Waals surface area (Å²) in [6, 6.07) is 0. The number of ketones is 1. The van der Waals surface area contributed by atoms with E-state index in [0.29, 0.717) is 12.8 Å². The Balaban J connectivity index is 1.52. The molecule has 0 aromatic carbocycles. The van der Waals surface area contributed by atoms with Crippen LogP contribution in [-0.4, -0.2) is 33.7 Å². The van der Waals surface area contributed by atoms with E-state index in [2.05, 4.69) is 46.7 Å². The Labute approximate surface area is 220 Å². The number of aliphatic hydroxyl groups is 1. The standard InChI is InChI=1S/C31H43NO5/c1-26(2)9-11-31(25(35)36)12-10-30(6)23(19(31)15-26)20(34)13-22-27(3)14-18-16-32-37-24(18)28(4,17-33)21(27)7-8-29(22,30)5/h13,16,19,21,23,33H,7-12,14-15,17H2,1-6H3,(H,35,36)/t19-,21?,23-,27-,28-,29+,30+,31-/m0/s1. The molecule has 0 spiro atoms. The van der Waals surface area contributed by atoms with E-state index < -0.39 is 16.8 Å². The number of hydrogen-bond donors (Lipinski definition) is 2. The molecule has 1 aromatic rings. The first-order chi connectivity index (χ1) is 17.2. The maximum atomic E-state index is 14.4. The maximum absolute atomic E-state index is 14.4. The summed E-state index contributed by atoms with van der Waals surface area (Å²) in [6.07, 6.45) is 10.1. The lowest BCUT2D eigenvalue weighted by atomic mass is 9.34. The van der Waals surface area contributed by atoms with Gasteiger partial charge >= 0.3 is 5.97 Å². The minimum absolute atomic E-state index is 0.0223. The second kappa shape index (κ2) is 7.37. The third kappa shape index (κ3) is 2.89. The first-order valence-corrected chi connectivity index (χ1v) is 14.2. The number of rotatable bonds is 2. The van der Waals surface area contributed by atoms with Crippen LogP contribution >= 0.6 is 0 Å². The number of aliphatic hydroxyl groups excluding tert-OH is 1. The summed E-state index contributed by atoms with van der Waals surface area (Å²) >= 11 is 0. The molecule has 3 saturated carbocycles. The van der Waals surface area contributed by atoms with Crippen LogP contribution in [0, 0.1) is 44.8 Å². The Morgan fingerprint density at radius 2 is 1.78 bits per heavy atom. The van der Waals surface area contributed by atoms with Crippen LogP contribution in [0.3, 0.4) is 0 Å². The number of aromatic nitrogens is 1. The van der Waals surface area contributed by atoms with E-state index in [1.807, 2.05) is 6.08 Å². The van der Waals surface area contributed by atoms with Crippen molar-refractivity contribution in [1.82, 2.24) is 5.16 Å². The quantitative estimate of drug-likeness (QED) is 0.528. The Morgan fingerprint density at radius 1 is 1.08 bits per heavy atom. The number of carbonyl (C=O) groups excluding carboxylic acids is 1. The number of carboxylic acids is 1. The summed E-state index contributed by atoms with van der Waals surface area (Å²) in [5.74, 6) is -0.0610. The van der Waals surface area contributed by atoms with Gasteiger partial charge in [0.1, 0.15) is 5.76 Å². The number of carbonyl (C=O) groups is 2. The van der Waals surface area contributed by atoms with Gasteiger partial charge in [-0.05, 0) is 97.9 Å². The molecule has 6 heteroatoms. The normalized spacial score (nSPS) is 48.0. The molecule has 1 unspecified atom stereocenters. The summed E-state index contributed by atoms with van der Waals surface area (Å²) in [4.78, 5) is 27.2. The van der Waals surface area contributed by atoms with Gasteiger partial charge in [-0.3, -0.25) is 9.59 Å². The van der Waals surface area contributed by atoms with Crippen molar-refractivity contribution in [2.24, 2.45) is 44.8 Å². The van der Waals surface area contributed by atoms with Gasteiger partial charge in [0.2, 0.25) is 0 Å². The van der Waals surface area contributed by atoms with Gasteiger partial charge in [-0.1, -0.05) is 45.3 Å². The first-order valence-electron chi connectivity index (χ1n) is 14.2. The van der Waals surface area contributed by atoms with Gasteiger partial charge in [0.15, 0.2) is 5.78 Å². The molecule has 5 aliphatic rings. The molecule has 1 aromatic heterocycles. The molecule has 0 amide bonds. The number of fused-ring (bicyclic) bond motifs is 8. The van der Waals surface area contributed by atoms with Gasteiger partial charge in [-0.2, -0.15) is 0 Å². The Bertz CT molecular complexity index is 1210. The molecule has 5 aliphatic carbocycles. The van der Waals surface area contributed by atoms with Gasteiger partial charge in [-0.15, -0.1) is 0 Å². The Morgan fingerprint density at radius 3 is 2.46 bits per heavy atom. The van der Waals surface area contributed by atoms with Crippen LogP contribution in [0.4, 0.5) is 0 Å². The van der Waals surface area contributed by atoms with Gasteiger partial charge in [-0.25, -0.2) is 0 Å². The second-order valence-electron chi connectivity index (χ2n) is 15.1. The zero-order chi connectivity index (χ0) is 26.8. The minimum atomic E-state index is -0.796. The number of aliphatic carboxylic acids is 1. The van der Waals surface area contributed by atoms with E-state index in [1.165, 1.54) is 5.57 Å². The zero-order valence-electron chi connectivity index (χ0n) is 23.3. The first kappa shape index (κ1) is 25.3. The highest BCUT2D eigenvalue weighted by Gasteiger charge is 2.71. The summed E-state index contributed by atoms with van der Waals surface area (Å²) in [5, 5.41) is 25.3. The Kier molecular flexibility index (Phi) is 5.04. The fraction of sp³-hybridized carbons (Fsp3) is 0.774. The molecule has 0 aliphatic heterocycles. The van der Waals surface area contributed by atoms with E-state index in [9.17, 15) is 19.8 Å². The van der Waals surface area contributed by atoms with Crippen LogP contribution in [-0.2, 0) is 21.4 Å². The summed E-state index contributed by atoms with van der Waals surface area (Å²) < 4.78 is 5.70. The fourth-order valence-corrected chi connectivity index (χ4v) is 10.7. The van der Waals surface area contributed by atoms with Gasteiger partial charge in [0.25, 0.3) is 0 Å². The van der Waals surface area contributed by atoms with Gasteiger partial charge in [0.05, 0.1) is 23.6 Å². The predicted octanol–water partition coefficient (Wildman–Crippen LogP) is 5.73. The largest absolute Gasteiger partial charge is 0.481 e. The average Bonchev–Trinajstić information content (AvgIpc) is 3.28. The van der Waals surface area contributed by atoms with Crippen LogP contribution in [0.2, 0.25) is 0 Å². The van der Waals surface area contributed by atoms with Crippen molar-refractivity contribution < 1.29 is 24.3 Å². The van der Waals surface area contributed by atoms with Crippen molar-refractivity contribution in [2.75, 3.05) is 6.61 Å². The van der Waals surface area contributed by atoms with E-state index in [0.717, 1.165) is 49.8 Å².